The molecule has 4 N–H and O–H groups in total. The SMILES string of the molecule is CNC1COCC1c1nc2nc(N)ccc2[nH]1. The molecule has 0 bridgehead atoms. The molecule has 1 saturated heterocycles. The molecule has 1 aliphatic heterocycles. The summed E-state index contributed by atoms with van der Waals surface area (Å²) in [6.07, 6.45) is 0. The Morgan fingerprint density at radius 1 is 1.41 bits per heavy atom. The number of nitrogen functional groups attached to an aromatic ring is 1. The molecule has 2 aromatic heterocycles. The van der Waals surface area contributed by atoms with E-state index in [1.165, 1.54) is 0 Å². The van der Waals surface area contributed by atoms with Gasteiger partial charge in [0.05, 0.1) is 24.6 Å². The molecule has 0 aromatic carbocycles. The quantitative estimate of drug-likeness (QED) is 0.691. The van der Waals surface area contributed by atoms with Gasteiger partial charge in [-0.25, -0.2) is 9.97 Å². The summed E-state index contributed by atoms with van der Waals surface area (Å²) in [5.74, 6) is 1.65. The van der Waals surface area contributed by atoms with Gasteiger partial charge in [0, 0.05) is 6.04 Å². The van der Waals surface area contributed by atoms with Crippen LogP contribution in [-0.4, -0.2) is 41.3 Å². The molecule has 17 heavy (non-hydrogen) atoms. The molecule has 2 atom stereocenters. The molecule has 0 spiro atoms. The highest BCUT2D eigenvalue weighted by Gasteiger charge is 2.30. The lowest BCUT2D eigenvalue weighted by molar-refractivity contribution is 0.188. The first-order chi connectivity index (χ1) is 8.28. The predicted octanol–water partition coefficient (Wildman–Crippen LogP) is 0.242. The van der Waals surface area contributed by atoms with E-state index in [0.717, 1.165) is 11.3 Å². The summed E-state index contributed by atoms with van der Waals surface area (Å²) in [5, 5.41) is 3.24. The first-order valence-corrected chi connectivity index (χ1v) is 5.65. The van der Waals surface area contributed by atoms with Crippen molar-refractivity contribution in [1.29, 1.82) is 0 Å². The molecule has 6 heteroatoms. The molecule has 6 nitrogen and oxygen atoms in total. The Morgan fingerprint density at radius 3 is 3.12 bits per heavy atom. The highest BCUT2D eigenvalue weighted by Crippen LogP contribution is 2.25. The van der Waals surface area contributed by atoms with Gasteiger partial charge in [-0.1, -0.05) is 0 Å². The van der Waals surface area contributed by atoms with Crippen molar-refractivity contribution < 1.29 is 4.74 Å². The van der Waals surface area contributed by atoms with E-state index in [9.17, 15) is 0 Å². The zero-order valence-electron chi connectivity index (χ0n) is 9.60. The number of aromatic amines is 1. The van der Waals surface area contributed by atoms with Crippen LogP contribution in [0.15, 0.2) is 12.1 Å². The monoisotopic (exact) mass is 233 g/mol. The standard InChI is InChI=1S/C11H15N5O/c1-13-8-5-17-4-6(8)10-14-7-2-3-9(12)15-11(7)16-10/h2-3,6,8,13H,4-5H2,1H3,(H3,12,14,15,16). The van der Waals surface area contributed by atoms with Gasteiger partial charge in [0.25, 0.3) is 0 Å². The fraction of sp³-hybridized carbons (Fsp3) is 0.455. The van der Waals surface area contributed by atoms with Gasteiger partial charge in [-0.3, -0.25) is 0 Å². The number of hydrogen-bond donors (Lipinski definition) is 3. The maximum absolute atomic E-state index is 5.64. The third kappa shape index (κ3) is 1.75. The predicted molar refractivity (Wildman–Crippen MR) is 64.7 cm³/mol. The zero-order chi connectivity index (χ0) is 11.8. The van der Waals surface area contributed by atoms with E-state index in [0.29, 0.717) is 30.7 Å². The Morgan fingerprint density at radius 2 is 2.29 bits per heavy atom. The molecule has 1 fully saturated rings. The summed E-state index contributed by atoms with van der Waals surface area (Å²) in [6.45, 7) is 1.40. The molecule has 3 heterocycles. The van der Waals surface area contributed by atoms with Crippen molar-refractivity contribution in [3.8, 4) is 0 Å². The van der Waals surface area contributed by atoms with Crippen LogP contribution in [0, 0.1) is 0 Å². The van der Waals surface area contributed by atoms with E-state index in [-0.39, 0.29) is 5.92 Å². The van der Waals surface area contributed by atoms with Crippen LogP contribution < -0.4 is 11.1 Å². The minimum atomic E-state index is 0.246. The first kappa shape index (κ1) is 10.5. The fourth-order valence-electron chi connectivity index (χ4n) is 2.21. The summed E-state index contributed by atoms with van der Waals surface area (Å²) in [4.78, 5) is 12.0. The lowest BCUT2D eigenvalue weighted by Crippen LogP contribution is -2.31. The van der Waals surface area contributed by atoms with E-state index in [4.69, 9.17) is 10.5 Å². The number of rotatable bonds is 2. The third-order valence-electron chi connectivity index (χ3n) is 3.19. The molecule has 0 amide bonds. The number of nitrogens with zero attached hydrogens (tertiary/aromatic N) is 2. The molecule has 90 valence electrons. The van der Waals surface area contributed by atoms with Crippen LogP contribution >= 0.6 is 0 Å². The van der Waals surface area contributed by atoms with Gasteiger partial charge in [0.1, 0.15) is 11.6 Å². The number of ether oxygens (including phenoxy) is 1. The lowest BCUT2D eigenvalue weighted by Gasteiger charge is -2.13. The number of aromatic nitrogens is 3. The topological polar surface area (TPSA) is 88.8 Å². The van der Waals surface area contributed by atoms with E-state index >= 15 is 0 Å². The molecule has 2 unspecified atom stereocenters. The van der Waals surface area contributed by atoms with E-state index in [1.54, 1.807) is 6.07 Å². The molecular weight excluding hydrogens is 218 g/mol. The van der Waals surface area contributed by atoms with Crippen molar-refractivity contribution in [3.05, 3.63) is 18.0 Å². The number of likely N-dealkylation sites (N-methyl/N-ethyl adjacent to an activating group) is 1. The first-order valence-electron chi connectivity index (χ1n) is 5.65. The van der Waals surface area contributed by atoms with Crippen molar-refractivity contribution in [2.45, 2.75) is 12.0 Å². The Balaban J connectivity index is 2.00. The average molecular weight is 233 g/mol. The van der Waals surface area contributed by atoms with E-state index in [1.807, 2.05) is 13.1 Å². The number of nitrogens with one attached hydrogen (secondary N) is 2. The lowest BCUT2D eigenvalue weighted by atomic mass is 10.0. The molecule has 1 aliphatic rings. The second-order valence-corrected chi connectivity index (χ2v) is 4.27. The second kappa shape index (κ2) is 3.97. The van der Waals surface area contributed by atoms with E-state index in [2.05, 4.69) is 20.3 Å². The van der Waals surface area contributed by atoms with Crippen molar-refractivity contribution in [2.24, 2.45) is 0 Å². The molecule has 0 aliphatic carbocycles. The summed E-state index contributed by atoms with van der Waals surface area (Å²) in [7, 11) is 1.94. The minimum Gasteiger partial charge on any atom is -0.384 e. The van der Waals surface area contributed by atoms with Gasteiger partial charge >= 0.3 is 0 Å². The molecule has 3 rings (SSSR count). The van der Waals surface area contributed by atoms with E-state index < -0.39 is 0 Å². The number of hydrogen-bond acceptors (Lipinski definition) is 5. The highest BCUT2D eigenvalue weighted by atomic mass is 16.5. The van der Waals surface area contributed by atoms with Crippen LogP contribution in [-0.2, 0) is 4.74 Å². The molecule has 0 radical (unpaired) electrons. The molecule has 0 saturated carbocycles. The van der Waals surface area contributed by atoms with Crippen molar-refractivity contribution >= 4 is 17.0 Å². The summed E-state index contributed by atoms with van der Waals surface area (Å²) in [6, 6.07) is 3.97. The summed E-state index contributed by atoms with van der Waals surface area (Å²) in [5.41, 5.74) is 7.22. The summed E-state index contributed by atoms with van der Waals surface area (Å²) >= 11 is 0. The highest BCUT2D eigenvalue weighted by molar-refractivity contribution is 5.72. The van der Waals surface area contributed by atoms with Gasteiger partial charge in [0.2, 0.25) is 0 Å². The summed E-state index contributed by atoms with van der Waals surface area (Å²) < 4.78 is 5.47. The van der Waals surface area contributed by atoms with Gasteiger partial charge in [-0.2, -0.15) is 0 Å². The largest absolute Gasteiger partial charge is 0.384 e. The van der Waals surface area contributed by atoms with Crippen molar-refractivity contribution in [1.82, 2.24) is 20.3 Å². The second-order valence-electron chi connectivity index (χ2n) is 4.27. The fourth-order valence-corrected chi connectivity index (χ4v) is 2.21. The Kier molecular flexibility index (Phi) is 2.45. The Labute approximate surface area is 98.6 Å². The van der Waals surface area contributed by atoms with Crippen LogP contribution in [0.5, 0.6) is 0 Å². The zero-order valence-corrected chi connectivity index (χ0v) is 9.60. The number of H-pyrrole nitrogens is 1. The Bertz CT molecular complexity index is 538. The van der Waals surface area contributed by atoms with Crippen LogP contribution in [0.2, 0.25) is 0 Å². The Hall–Kier alpha value is -1.66. The number of imidazole rings is 1. The smallest absolute Gasteiger partial charge is 0.179 e. The third-order valence-corrected chi connectivity index (χ3v) is 3.19. The average Bonchev–Trinajstić information content (AvgIpc) is 2.93. The normalized spacial score (nSPS) is 24.5. The minimum absolute atomic E-state index is 0.246. The van der Waals surface area contributed by atoms with Gasteiger partial charge in [0.15, 0.2) is 5.65 Å². The number of anilines is 1. The number of pyridine rings is 1. The van der Waals surface area contributed by atoms with Crippen LogP contribution in [0.1, 0.15) is 11.7 Å². The number of fused-ring (bicyclic) bond motifs is 1. The van der Waals surface area contributed by atoms with Crippen LogP contribution in [0.4, 0.5) is 5.82 Å². The van der Waals surface area contributed by atoms with Crippen molar-refractivity contribution in [2.75, 3.05) is 26.0 Å². The maximum atomic E-state index is 5.64. The maximum Gasteiger partial charge on any atom is 0.179 e. The van der Waals surface area contributed by atoms with Gasteiger partial charge < -0.3 is 20.8 Å². The molecule has 2 aromatic rings. The molecular formula is C11H15N5O. The van der Waals surface area contributed by atoms with Gasteiger partial charge in [-0.05, 0) is 19.2 Å². The van der Waals surface area contributed by atoms with Gasteiger partial charge in [-0.15, -0.1) is 0 Å². The van der Waals surface area contributed by atoms with Crippen LogP contribution in [0.25, 0.3) is 11.2 Å². The van der Waals surface area contributed by atoms with Crippen LogP contribution in [0.3, 0.4) is 0 Å². The van der Waals surface area contributed by atoms with Crippen molar-refractivity contribution in [3.63, 3.8) is 0 Å². The number of nitrogens with two attached hydrogens (primary N) is 1.